The summed E-state index contributed by atoms with van der Waals surface area (Å²) in [4.78, 5) is 28.7. The van der Waals surface area contributed by atoms with Gasteiger partial charge in [0.15, 0.2) is 9.84 Å². The predicted molar refractivity (Wildman–Crippen MR) is 132 cm³/mol. The van der Waals surface area contributed by atoms with Crippen molar-refractivity contribution in [1.29, 1.82) is 0 Å². The highest BCUT2D eigenvalue weighted by Crippen LogP contribution is 2.38. The van der Waals surface area contributed by atoms with Gasteiger partial charge in [0, 0.05) is 30.4 Å². The van der Waals surface area contributed by atoms with Crippen LogP contribution in [-0.2, 0) is 25.8 Å². The van der Waals surface area contributed by atoms with Crippen LogP contribution in [0.25, 0.3) is 0 Å². The molecule has 0 aromatic heterocycles. The Morgan fingerprint density at radius 1 is 1.12 bits per heavy atom. The SMILES string of the molecule is CCCN(CCC)CCCNC(=O)CCS(=O)(=O)c1cc(Br)cc2c1N(C(=O)CC)CC2. The summed E-state index contributed by atoms with van der Waals surface area (Å²) in [7, 11) is -3.73. The Hall–Kier alpha value is -1.45. The van der Waals surface area contributed by atoms with Gasteiger partial charge < -0.3 is 15.1 Å². The van der Waals surface area contributed by atoms with E-state index in [1.165, 1.54) is 0 Å². The molecule has 0 saturated heterocycles. The van der Waals surface area contributed by atoms with Gasteiger partial charge in [0.2, 0.25) is 11.8 Å². The van der Waals surface area contributed by atoms with Crippen LogP contribution in [0, 0.1) is 0 Å². The van der Waals surface area contributed by atoms with Crippen molar-refractivity contribution in [3.8, 4) is 0 Å². The molecule has 1 aromatic carbocycles. The molecule has 2 rings (SSSR count). The average Bonchev–Trinajstić information content (AvgIpc) is 3.18. The van der Waals surface area contributed by atoms with Crippen molar-refractivity contribution in [2.75, 3.05) is 43.4 Å². The molecule has 2 amide bonds. The quantitative estimate of drug-likeness (QED) is 0.395. The summed E-state index contributed by atoms with van der Waals surface area (Å²) < 4.78 is 26.9. The van der Waals surface area contributed by atoms with E-state index in [2.05, 4.69) is 40.0 Å². The molecule has 0 unspecified atom stereocenters. The molecular weight excluding hydrogens is 494 g/mol. The van der Waals surface area contributed by atoms with E-state index in [-0.39, 0.29) is 28.9 Å². The second-order valence-corrected chi connectivity index (χ2v) is 11.2. The first kappa shape index (κ1) is 26.8. The minimum Gasteiger partial charge on any atom is -0.356 e. The van der Waals surface area contributed by atoms with Crippen molar-refractivity contribution >= 4 is 43.3 Å². The lowest BCUT2D eigenvalue weighted by molar-refractivity contribution is -0.120. The van der Waals surface area contributed by atoms with Crippen molar-refractivity contribution in [2.24, 2.45) is 0 Å². The smallest absolute Gasteiger partial charge is 0.226 e. The Labute approximate surface area is 201 Å². The monoisotopic (exact) mass is 529 g/mol. The van der Waals surface area contributed by atoms with E-state index in [0.29, 0.717) is 36.1 Å². The van der Waals surface area contributed by atoms with Gasteiger partial charge in [-0.05, 0) is 63.0 Å². The molecule has 1 aliphatic rings. The molecule has 32 heavy (non-hydrogen) atoms. The summed E-state index contributed by atoms with van der Waals surface area (Å²) in [5.74, 6) is -0.645. The summed E-state index contributed by atoms with van der Waals surface area (Å²) in [6.07, 6.45) is 3.88. The maximum atomic E-state index is 13.1. The predicted octanol–water partition coefficient (Wildman–Crippen LogP) is 3.54. The zero-order valence-corrected chi connectivity index (χ0v) is 21.9. The second kappa shape index (κ2) is 12.7. The molecule has 0 bridgehead atoms. The zero-order chi connectivity index (χ0) is 23.7. The molecule has 0 radical (unpaired) electrons. The lowest BCUT2D eigenvalue weighted by Gasteiger charge is -2.21. The summed E-state index contributed by atoms with van der Waals surface area (Å²) >= 11 is 3.39. The van der Waals surface area contributed by atoms with Crippen molar-refractivity contribution in [1.82, 2.24) is 10.2 Å². The van der Waals surface area contributed by atoms with E-state index in [9.17, 15) is 18.0 Å². The van der Waals surface area contributed by atoms with Crippen LogP contribution in [0.15, 0.2) is 21.5 Å². The third kappa shape index (κ3) is 7.28. The maximum Gasteiger partial charge on any atom is 0.226 e. The number of amides is 2. The highest BCUT2D eigenvalue weighted by Gasteiger charge is 2.32. The Kier molecular flexibility index (Phi) is 10.6. The van der Waals surface area contributed by atoms with Crippen molar-refractivity contribution in [3.63, 3.8) is 0 Å². The fourth-order valence-corrected chi connectivity index (χ4v) is 6.24. The van der Waals surface area contributed by atoms with Crippen LogP contribution in [-0.4, -0.2) is 63.6 Å². The van der Waals surface area contributed by atoms with Gasteiger partial charge in [-0.2, -0.15) is 0 Å². The number of carbonyl (C=O) groups is 2. The summed E-state index contributed by atoms with van der Waals surface area (Å²) in [5.41, 5.74) is 1.32. The Bertz CT molecular complexity index is 899. The molecule has 0 fully saturated rings. The normalized spacial score (nSPS) is 13.5. The average molecular weight is 531 g/mol. The van der Waals surface area contributed by atoms with E-state index in [0.717, 1.165) is 44.5 Å². The third-order valence-corrected chi connectivity index (χ3v) is 7.76. The lowest BCUT2D eigenvalue weighted by Crippen LogP contribution is -2.32. The van der Waals surface area contributed by atoms with Gasteiger partial charge in [-0.1, -0.05) is 36.7 Å². The number of rotatable bonds is 13. The molecule has 0 atom stereocenters. The van der Waals surface area contributed by atoms with E-state index in [1.807, 2.05) is 6.07 Å². The molecule has 180 valence electrons. The van der Waals surface area contributed by atoms with Crippen LogP contribution in [0.4, 0.5) is 5.69 Å². The summed E-state index contributed by atoms with van der Waals surface area (Å²) in [6, 6.07) is 3.41. The molecule has 1 N–H and O–H groups in total. The molecule has 1 heterocycles. The van der Waals surface area contributed by atoms with Crippen LogP contribution < -0.4 is 10.2 Å². The number of sulfone groups is 1. The van der Waals surface area contributed by atoms with E-state index in [4.69, 9.17) is 0 Å². The number of nitrogens with zero attached hydrogens (tertiary/aromatic N) is 2. The molecule has 1 aliphatic heterocycles. The Balaban J connectivity index is 1.97. The van der Waals surface area contributed by atoms with Gasteiger partial charge in [0.05, 0.1) is 16.3 Å². The van der Waals surface area contributed by atoms with Gasteiger partial charge in [-0.25, -0.2) is 8.42 Å². The molecule has 0 aliphatic carbocycles. The zero-order valence-electron chi connectivity index (χ0n) is 19.5. The number of fused-ring (bicyclic) bond motifs is 1. The second-order valence-electron chi connectivity index (χ2n) is 8.17. The third-order valence-electron chi connectivity index (χ3n) is 5.58. The molecular formula is C23H36BrN3O4S. The molecule has 0 saturated carbocycles. The van der Waals surface area contributed by atoms with E-state index in [1.54, 1.807) is 17.9 Å². The highest BCUT2D eigenvalue weighted by atomic mass is 79.9. The first-order valence-electron chi connectivity index (χ1n) is 11.6. The number of hydrogen-bond acceptors (Lipinski definition) is 5. The van der Waals surface area contributed by atoms with Gasteiger partial charge in [0.25, 0.3) is 0 Å². The number of benzene rings is 1. The fourth-order valence-electron chi connectivity index (χ4n) is 4.07. The van der Waals surface area contributed by atoms with E-state index >= 15 is 0 Å². The van der Waals surface area contributed by atoms with Crippen LogP contribution in [0.5, 0.6) is 0 Å². The van der Waals surface area contributed by atoms with Crippen LogP contribution in [0.3, 0.4) is 0 Å². The fraction of sp³-hybridized carbons (Fsp3) is 0.652. The maximum absolute atomic E-state index is 13.1. The summed E-state index contributed by atoms with van der Waals surface area (Å²) in [5, 5.41) is 2.84. The lowest BCUT2D eigenvalue weighted by atomic mass is 10.2. The Morgan fingerprint density at radius 2 is 1.81 bits per heavy atom. The van der Waals surface area contributed by atoms with Crippen LogP contribution in [0.2, 0.25) is 0 Å². The molecule has 1 aromatic rings. The largest absolute Gasteiger partial charge is 0.356 e. The van der Waals surface area contributed by atoms with Gasteiger partial charge in [-0.3, -0.25) is 9.59 Å². The van der Waals surface area contributed by atoms with Gasteiger partial charge >= 0.3 is 0 Å². The minimum absolute atomic E-state index is 0.0968. The number of halogens is 1. The number of anilines is 1. The van der Waals surface area contributed by atoms with Crippen molar-refractivity contribution in [2.45, 2.75) is 64.2 Å². The Morgan fingerprint density at radius 3 is 2.44 bits per heavy atom. The molecule has 7 nitrogen and oxygen atoms in total. The van der Waals surface area contributed by atoms with Gasteiger partial charge in [0.1, 0.15) is 0 Å². The first-order valence-corrected chi connectivity index (χ1v) is 14.0. The number of carbonyl (C=O) groups excluding carboxylic acids is 2. The number of hydrogen-bond donors (Lipinski definition) is 1. The van der Waals surface area contributed by atoms with Crippen molar-refractivity contribution < 1.29 is 18.0 Å². The van der Waals surface area contributed by atoms with E-state index < -0.39 is 9.84 Å². The highest BCUT2D eigenvalue weighted by molar-refractivity contribution is 9.10. The van der Waals surface area contributed by atoms with Crippen LogP contribution >= 0.6 is 15.9 Å². The molecule has 0 spiro atoms. The minimum atomic E-state index is -3.73. The summed E-state index contributed by atoms with van der Waals surface area (Å²) in [6.45, 7) is 10.1. The van der Waals surface area contributed by atoms with Crippen molar-refractivity contribution in [3.05, 3.63) is 22.2 Å². The topological polar surface area (TPSA) is 86.8 Å². The van der Waals surface area contributed by atoms with Gasteiger partial charge in [-0.15, -0.1) is 0 Å². The molecule has 9 heteroatoms. The number of nitrogens with one attached hydrogen (secondary N) is 1. The first-order chi connectivity index (χ1) is 15.2. The van der Waals surface area contributed by atoms with Crippen LogP contribution in [0.1, 0.15) is 58.4 Å². The standard InChI is InChI=1S/C23H36BrN3O4S/c1-4-11-26(12-5-2)13-7-10-25-21(28)9-15-32(30,31)20-17-19(24)16-18-8-14-27(23(18)20)22(29)6-3/h16-17H,4-15H2,1-3H3,(H,25,28).